The largest absolute Gasteiger partial charge is 0.497 e. The number of carbonyl (C=O) groups excluding carboxylic acids is 2. The maximum atomic E-state index is 12.5. The third kappa shape index (κ3) is 3.08. The number of H-pyrrole nitrogens is 1. The predicted molar refractivity (Wildman–Crippen MR) is 110 cm³/mol. The number of aliphatic hydroxyl groups is 1. The summed E-state index contributed by atoms with van der Waals surface area (Å²) in [6.07, 6.45) is 2.11. The van der Waals surface area contributed by atoms with Crippen molar-refractivity contribution in [1.29, 1.82) is 0 Å². The highest BCUT2D eigenvalue weighted by Crippen LogP contribution is 2.49. The first-order valence-electron chi connectivity index (χ1n) is 10.3. The maximum Gasteiger partial charge on any atom is 0.222 e. The zero-order chi connectivity index (χ0) is 20.8. The molecule has 0 aliphatic carbocycles. The number of nitrogens with one attached hydrogen (secondary N) is 1. The number of nitrogens with zero attached hydrogens (tertiary/aromatic N) is 2. The molecule has 7 heteroatoms. The summed E-state index contributed by atoms with van der Waals surface area (Å²) in [5.41, 5.74) is 2.82. The molecule has 156 valence electrons. The predicted octanol–water partition coefficient (Wildman–Crippen LogP) is 2.34. The number of aliphatic hydroxyl groups excluding tert-OH is 1. The highest BCUT2D eigenvalue weighted by atomic mass is 16.5. The number of carbonyl (C=O) groups is 2. The first-order valence-corrected chi connectivity index (χ1v) is 10.3. The van der Waals surface area contributed by atoms with Gasteiger partial charge in [-0.25, -0.2) is 0 Å². The van der Waals surface area contributed by atoms with Crippen molar-refractivity contribution in [3.63, 3.8) is 0 Å². The first-order chi connectivity index (χ1) is 13.9. The molecule has 4 rings (SSSR count). The molecule has 0 saturated carbocycles. The lowest BCUT2D eigenvalue weighted by molar-refractivity contribution is -0.137. The fourth-order valence-electron chi connectivity index (χ4n) is 5.15. The molecule has 1 atom stereocenters. The van der Waals surface area contributed by atoms with Crippen molar-refractivity contribution >= 4 is 22.7 Å². The van der Waals surface area contributed by atoms with Gasteiger partial charge in [-0.3, -0.25) is 9.59 Å². The number of benzene rings is 1. The summed E-state index contributed by atoms with van der Waals surface area (Å²) >= 11 is 0. The lowest BCUT2D eigenvalue weighted by Gasteiger charge is -2.50. The van der Waals surface area contributed by atoms with Gasteiger partial charge in [0.15, 0.2) is 0 Å². The zero-order valence-electron chi connectivity index (χ0n) is 17.3. The van der Waals surface area contributed by atoms with Crippen molar-refractivity contribution < 1.29 is 19.4 Å². The fraction of sp³-hybridized carbons (Fsp3) is 0.545. The number of hydrogen-bond donors (Lipinski definition) is 2. The Labute approximate surface area is 170 Å². The van der Waals surface area contributed by atoms with Crippen LogP contribution in [0.3, 0.4) is 0 Å². The van der Waals surface area contributed by atoms with E-state index in [9.17, 15) is 14.7 Å². The van der Waals surface area contributed by atoms with Crippen LogP contribution in [0.2, 0.25) is 0 Å². The van der Waals surface area contributed by atoms with Crippen molar-refractivity contribution in [1.82, 2.24) is 14.8 Å². The van der Waals surface area contributed by atoms with E-state index in [2.05, 4.69) is 11.1 Å². The Morgan fingerprint density at radius 3 is 2.62 bits per heavy atom. The van der Waals surface area contributed by atoms with Crippen LogP contribution in [0.25, 0.3) is 10.9 Å². The van der Waals surface area contributed by atoms with Crippen molar-refractivity contribution in [2.75, 3.05) is 33.4 Å². The average molecular weight is 399 g/mol. The Morgan fingerprint density at radius 2 is 2.03 bits per heavy atom. The van der Waals surface area contributed by atoms with Crippen LogP contribution in [0, 0.1) is 0 Å². The second-order valence-corrected chi connectivity index (χ2v) is 8.19. The second kappa shape index (κ2) is 7.37. The summed E-state index contributed by atoms with van der Waals surface area (Å²) in [6.45, 7) is 5.25. The summed E-state index contributed by atoms with van der Waals surface area (Å²) in [6, 6.07) is 5.59. The van der Waals surface area contributed by atoms with E-state index in [1.54, 1.807) is 18.9 Å². The Morgan fingerprint density at radius 1 is 1.31 bits per heavy atom. The number of likely N-dealkylation sites (tertiary alicyclic amines) is 1. The van der Waals surface area contributed by atoms with Crippen molar-refractivity contribution in [3.8, 4) is 5.75 Å². The zero-order valence-corrected chi connectivity index (χ0v) is 17.3. The minimum atomic E-state index is -0.387. The third-order valence-electron chi connectivity index (χ3n) is 6.70. The number of hydrogen-bond acceptors (Lipinski definition) is 4. The second-order valence-electron chi connectivity index (χ2n) is 8.19. The van der Waals surface area contributed by atoms with E-state index in [1.165, 1.54) is 5.56 Å². The van der Waals surface area contributed by atoms with E-state index in [-0.39, 0.29) is 29.9 Å². The molecule has 3 heterocycles. The molecule has 2 aliphatic heterocycles. The first kappa shape index (κ1) is 19.8. The number of aromatic nitrogens is 1. The molecule has 1 spiro atoms. The molecule has 2 N–H and O–H groups in total. The molecule has 2 aliphatic rings. The van der Waals surface area contributed by atoms with Gasteiger partial charge in [-0.1, -0.05) is 6.92 Å². The molecule has 0 radical (unpaired) electrons. The Balaban J connectivity index is 1.85. The summed E-state index contributed by atoms with van der Waals surface area (Å²) in [5.74, 6) is 0.895. The van der Waals surface area contributed by atoms with Crippen LogP contribution < -0.4 is 4.74 Å². The van der Waals surface area contributed by atoms with Crippen LogP contribution in [-0.2, 0) is 15.0 Å². The van der Waals surface area contributed by atoms with Crippen LogP contribution in [-0.4, -0.2) is 65.1 Å². The van der Waals surface area contributed by atoms with E-state index in [0.29, 0.717) is 26.1 Å². The topological polar surface area (TPSA) is 85.9 Å². The number of piperidine rings is 1. The molecule has 1 saturated heterocycles. The maximum absolute atomic E-state index is 12.5. The number of rotatable bonds is 3. The molecule has 29 heavy (non-hydrogen) atoms. The van der Waals surface area contributed by atoms with E-state index >= 15 is 0 Å². The number of methoxy groups -OCH3 is 1. The number of fused-ring (bicyclic) bond motifs is 4. The number of amides is 2. The SMILES string of the molecule is CCC(=O)N1CCC2(CC1)CN(C(C)=O)[C@@H](CO)c1[nH]c3cc(OC)ccc3c12. The van der Waals surface area contributed by atoms with Gasteiger partial charge in [0.2, 0.25) is 11.8 Å². The monoisotopic (exact) mass is 399 g/mol. The average Bonchev–Trinajstić information content (AvgIpc) is 3.13. The summed E-state index contributed by atoms with van der Waals surface area (Å²) < 4.78 is 5.38. The molecule has 0 unspecified atom stereocenters. The van der Waals surface area contributed by atoms with Gasteiger partial charge in [-0.05, 0) is 30.5 Å². The van der Waals surface area contributed by atoms with Gasteiger partial charge in [0.1, 0.15) is 5.75 Å². The molecule has 2 amide bonds. The minimum Gasteiger partial charge on any atom is -0.497 e. The van der Waals surface area contributed by atoms with Crippen LogP contribution >= 0.6 is 0 Å². The normalized spacial score (nSPS) is 20.8. The lowest BCUT2D eigenvalue weighted by atomic mass is 9.68. The molecule has 1 aromatic heterocycles. The smallest absolute Gasteiger partial charge is 0.222 e. The van der Waals surface area contributed by atoms with Crippen molar-refractivity contribution in [2.45, 2.75) is 44.6 Å². The fourth-order valence-corrected chi connectivity index (χ4v) is 5.15. The molecule has 7 nitrogen and oxygen atoms in total. The van der Waals surface area contributed by atoms with Crippen LogP contribution in [0.15, 0.2) is 18.2 Å². The molecular weight excluding hydrogens is 370 g/mol. The number of aromatic amines is 1. The lowest BCUT2D eigenvalue weighted by Crippen LogP contribution is -2.55. The molecule has 1 fully saturated rings. The summed E-state index contributed by atoms with van der Waals surface area (Å²) in [5, 5.41) is 11.2. The molecule has 1 aromatic carbocycles. The van der Waals surface area contributed by atoms with E-state index in [4.69, 9.17) is 4.74 Å². The highest BCUT2D eigenvalue weighted by Gasteiger charge is 2.48. The quantitative estimate of drug-likeness (QED) is 0.830. The van der Waals surface area contributed by atoms with E-state index < -0.39 is 0 Å². The highest BCUT2D eigenvalue weighted by molar-refractivity contribution is 5.88. The van der Waals surface area contributed by atoms with Gasteiger partial charge < -0.3 is 24.6 Å². The minimum absolute atomic E-state index is 0.0441. The van der Waals surface area contributed by atoms with Gasteiger partial charge in [-0.2, -0.15) is 0 Å². The summed E-state index contributed by atoms with van der Waals surface area (Å²) in [7, 11) is 1.64. The van der Waals surface area contributed by atoms with Crippen LogP contribution in [0.1, 0.15) is 50.4 Å². The van der Waals surface area contributed by atoms with E-state index in [1.807, 2.05) is 24.0 Å². The Bertz CT molecular complexity index is 943. The van der Waals surface area contributed by atoms with Crippen LogP contribution in [0.4, 0.5) is 0 Å². The van der Waals surface area contributed by atoms with Crippen molar-refractivity contribution in [2.24, 2.45) is 0 Å². The van der Waals surface area contributed by atoms with Gasteiger partial charge in [0.25, 0.3) is 0 Å². The molecule has 0 bridgehead atoms. The Hall–Kier alpha value is -2.54. The van der Waals surface area contributed by atoms with Crippen molar-refractivity contribution in [3.05, 3.63) is 29.5 Å². The summed E-state index contributed by atoms with van der Waals surface area (Å²) in [4.78, 5) is 31.8. The third-order valence-corrected chi connectivity index (χ3v) is 6.70. The van der Waals surface area contributed by atoms with Gasteiger partial charge >= 0.3 is 0 Å². The Kier molecular flexibility index (Phi) is 5.02. The molecule has 2 aromatic rings. The van der Waals surface area contributed by atoms with Crippen LogP contribution in [0.5, 0.6) is 5.75 Å². The van der Waals surface area contributed by atoms with E-state index in [0.717, 1.165) is 35.2 Å². The number of ether oxygens (including phenoxy) is 1. The van der Waals surface area contributed by atoms with Gasteiger partial charge in [-0.15, -0.1) is 0 Å². The molecular formula is C22H29N3O4. The standard InChI is InChI=1S/C22H29N3O4/c1-4-19(28)24-9-7-22(8-10-24)13-25(14(2)27)18(12-26)21-20(22)16-6-5-15(29-3)11-17(16)23-21/h5-6,11,18,23,26H,4,7-10,12-13H2,1-3H3/t18-/m0/s1. The van der Waals surface area contributed by atoms with Gasteiger partial charge in [0, 0.05) is 61.1 Å². The van der Waals surface area contributed by atoms with Gasteiger partial charge in [0.05, 0.1) is 19.8 Å².